The van der Waals surface area contributed by atoms with Crippen molar-refractivity contribution >= 4 is 23.6 Å². The molecule has 1 aromatic rings. The van der Waals surface area contributed by atoms with Gasteiger partial charge >= 0.3 is 11.8 Å². The van der Waals surface area contributed by atoms with Gasteiger partial charge in [0.15, 0.2) is 0 Å². The van der Waals surface area contributed by atoms with Crippen molar-refractivity contribution in [2.45, 2.75) is 38.8 Å². The van der Waals surface area contributed by atoms with Crippen molar-refractivity contribution < 1.29 is 23.9 Å². The number of hydrogen-bond donors (Lipinski definition) is 4. The average molecular weight is 376 g/mol. The molecule has 0 aromatic heterocycles. The summed E-state index contributed by atoms with van der Waals surface area (Å²) in [5.41, 5.74) is 4.60. The Morgan fingerprint density at radius 2 is 1.63 bits per heavy atom. The highest BCUT2D eigenvalue weighted by molar-refractivity contribution is 6.35. The van der Waals surface area contributed by atoms with Crippen molar-refractivity contribution in [3.8, 4) is 5.75 Å². The molecule has 9 heteroatoms. The van der Waals surface area contributed by atoms with E-state index in [0.29, 0.717) is 11.3 Å². The molecule has 0 saturated heterocycles. The van der Waals surface area contributed by atoms with Crippen molar-refractivity contribution in [3.05, 3.63) is 29.8 Å². The van der Waals surface area contributed by atoms with E-state index in [1.165, 1.54) is 7.11 Å². The first-order valence-corrected chi connectivity index (χ1v) is 8.67. The Balaban J connectivity index is 1.90. The maximum atomic E-state index is 12.4. The number of rotatable bonds is 6. The summed E-state index contributed by atoms with van der Waals surface area (Å²) in [5, 5.41) is 5.13. The fourth-order valence-electron chi connectivity index (χ4n) is 2.23. The zero-order valence-electron chi connectivity index (χ0n) is 15.5. The van der Waals surface area contributed by atoms with Gasteiger partial charge in [-0.2, -0.15) is 0 Å². The van der Waals surface area contributed by atoms with Crippen LogP contribution >= 0.6 is 0 Å². The molecule has 1 aliphatic carbocycles. The molecule has 9 nitrogen and oxygen atoms in total. The Hall–Kier alpha value is -3.10. The summed E-state index contributed by atoms with van der Waals surface area (Å²) in [6.45, 7) is 3.50. The van der Waals surface area contributed by atoms with Gasteiger partial charge < -0.3 is 15.4 Å². The van der Waals surface area contributed by atoms with E-state index >= 15 is 0 Å². The number of hydrogen-bond acceptors (Lipinski definition) is 5. The number of methoxy groups -OCH3 is 1. The fraction of sp³-hybridized carbons (Fsp3) is 0.444. The van der Waals surface area contributed by atoms with Crippen LogP contribution in [0.3, 0.4) is 0 Å². The summed E-state index contributed by atoms with van der Waals surface area (Å²) in [6, 6.07) is 5.56. The highest BCUT2D eigenvalue weighted by atomic mass is 16.5. The van der Waals surface area contributed by atoms with E-state index in [1.807, 2.05) is 0 Å². The lowest BCUT2D eigenvalue weighted by atomic mass is 10.0. The van der Waals surface area contributed by atoms with Crippen LogP contribution in [-0.4, -0.2) is 42.8 Å². The van der Waals surface area contributed by atoms with Crippen LogP contribution in [0.4, 0.5) is 0 Å². The molecular weight excluding hydrogens is 352 g/mol. The van der Waals surface area contributed by atoms with Crippen LogP contribution in [0.5, 0.6) is 5.75 Å². The van der Waals surface area contributed by atoms with Crippen molar-refractivity contribution in [2.75, 3.05) is 7.11 Å². The van der Waals surface area contributed by atoms with E-state index in [-0.39, 0.29) is 12.0 Å². The van der Waals surface area contributed by atoms with Crippen LogP contribution in [-0.2, 0) is 14.4 Å². The van der Waals surface area contributed by atoms with Crippen molar-refractivity contribution in [1.29, 1.82) is 0 Å². The molecule has 0 aliphatic heterocycles. The van der Waals surface area contributed by atoms with Gasteiger partial charge in [0.05, 0.1) is 7.11 Å². The number of benzene rings is 1. The third-order valence-corrected chi connectivity index (χ3v) is 4.01. The van der Waals surface area contributed by atoms with E-state index in [0.717, 1.165) is 12.8 Å². The second-order valence-corrected chi connectivity index (χ2v) is 6.61. The quantitative estimate of drug-likeness (QED) is 0.407. The lowest BCUT2D eigenvalue weighted by Crippen LogP contribution is -2.56. The number of amides is 4. The normalized spacial score (nSPS) is 14.1. The number of nitrogens with one attached hydrogen (secondary N) is 4. The zero-order chi connectivity index (χ0) is 20.0. The molecule has 1 aromatic carbocycles. The van der Waals surface area contributed by atoms with Gasteiger partial charge in [0, 0.05) is 11.6 Å². The lowest BCUT2D eigenvalue weighted by molar-refractivity contribution is -0.141. The third-order valence-electron chi connectivity index (χ3n) is 4.01. The van der Waals surface area contributed by atoms with Gasteiger partial charge in [0.25, 0.3) is 11.8 Å². The van der Waals surface area contributed by atoms with Gasteiger partial charge in [-0.3, -0.25) is 30.0 Å². The molecule has 0 spiro atoms. The maximum absolute atomic E-state index is 12.4. The molecule has 1 fully saturated rings. The van der Waals surface area contributed by atoms with Crippen LogP contribution in [0.25, 0.3) is 0 Å². The van der Waals surface area contributed by atoms with Gasteiger partial charge in [-0.25, -0.2) is 0 Å². The lowest BCUT2D eigenvalue weighted by Gasteiger charge is -2.21. The first-order chi connectivity index (χ1) is 12.8. The summed E-state index contributed by atoms with van der Waals surface area (Å²) in [4.78, 5) is 47.9. The summed E-state index contributed by atoms with van der Waals surface area (Å²) in [5.74, 6) is -2.47. The van der Waals surface area contributed by atoms with E-state index < -0.39 is 29.7 Å². The molecule has 0 unspecified atom stereocenters. The minimum absolute atomic E-state index is 0.0335. The van der Waals surface area contributed by atoms with E-state index in [4.69, 9.17) is 4.74 Å². The van der Waals surface area contributed by atoms with Gasteiger partial charge in [0.2, 0.25) is 0 Å². The highest BCUT2D eigenvalue weighted by Gasteiger charge is 2.28. The minimum atomic E-state index is -0.959. The van der Waals surface area contributed by atoms with Crippen LogP contribution in [0.15, 0.2) is 24.3 Å². The van der Waals surface area contributed by atoms with Gasteiger partial charge in [-0.05, 0) is 43.0 Å². The van der Waals surface area contributed by atoms with Crippen molar-refractivity contribution in [3.63, 3.8) is 0 Å². The summed E-state index contributed by atoms with van der Waals surface area (Å²) in [7, 11) is 1.52. The molecule has 27 heavy (non-hydrogen) atoms. The van der Waals surface area contributed by atoms with Crippen LogP contribution < -0.4 is 26.2 Å². The minimum Gasteiger partial charge on any atom is -0.497 e. The summed E-state index contributed by atoms with van der Waals surface area (Å²) < 4.78 is 5.04. The second-order valence-electron chi connectivity index (χ2n) is 6.61. The van der Waals surface area contributed by atoms with Crippen molar-refractivity contribution in [2.24, 2.45) is 5.92 Å². The number of ether oxygens (including phenoxy) is 1. The van der Waals surface area contributed by atoms with E-state index in [9.17, 15) is 19.2 Å². The zero-order valence-corrected chi connectivity index (χ0v) is 15.5. The van der Waals surface area contributed by atoms with Crippen LogP contribution in [0.1, 0.15) is 37.0 Å². The average Bonchev–Trinajstić information content (AvgIpc) is 3.47. The van der Waals surface area contributed by atoms with Gasteiger partial charge in [-0.1, -0.05) is 13.8 Å². The molecule has 146 valence electrons. The molecule has 1 saturated carbocycles. The topological polar surface area (TPSA) is 126 Å². The smallest absolute Gasteiger partial charge is 0.327 e. The maximum Gasteiger partial charge on any atom is 0.327 e. The molecule has 0 bridgehead atoms. The molecule has 4 N–H and O–H groups in total. The molecular formula is C18H24N4O5. The summed E-state index contributed by atoms with van der Waals surface area (Å²) >= 11 is 0. The Morgan fingerprint density at radius 1 is 1.00 bits per heavy atom. The van der Waals surface area contributed by atoms with Gasteiger partial charge in [0.1, 0.15) is 11.8 Å². The highest BCUT2D eigenvalue weighted by Crippen LogP contribution is 2.18. The Labute approximate surface area is 157 Å². The van der Waals surface area contributed by atoms with Gasteiger partial charge in [-0.15, -0.1) is 0 Å². The number of carbonyl (C=O) groups is 4. The molecule has 1 aliphatic rings. The van der Waals surface area contributed by atoms with Crippen LogP contribution in [0.2, 0.25) is 0 Å². The van der Waals surface area contributed by atoms with E-state index in [1.54, 1.807) is 38.1 Å². The fourth-order valence-corrected chi connectivity index (χ4v) is 2.23. The predicted octanol–water partition coefficient (Wildman–Crippen LogP) is -0.124. The first kappa shape index (κ1) is 20.2. The van der Waals surface area contributed by atoms with Crippen molar-refractivity contribution in [1.82, 2.24) is 21.5 Å². The van der Waals surface area contributed by atoms with Crippen LogP contribution in [0, 0.1) is 5.92 Å². The Kier molecular flexibility index (Phi) is 6.75. The number of carbonyl (C=O) groups excluding carboxylic acids is 4. The van der Waals surface area contributed by atoms with E-state index in [2.05, 4.69) is 21.5 Å². The predicted molar refractivity (Wildman–Crippen MR) is 96.5 cm³/mol. The Bertz CT molecular complexity index is 713. The number of hydrazine groups is 1. The standard InChI is InChI=1S/C18H24N4O5/c1-10(2)14(20-15(23)11-4-8-13(27-3)9-5-11)16(24)21-22-18(26)17(25)19-12-6-7-12/h4-5,8-10,12,14H,6-7H2,1-3H3,(H,19,25)(H,20,23)(H,21,24)(H,22,26)/t14-/m0/s1. The Morgan fingerprint density at radius 3 is 2.15 bits per heavy atom. The molecule has 0 heterocycles. The monoisotopic (exact) mass is 376 g/mol. The molecule has 4 amide bonds. The second kappa shape index (κ2) is 9.02. The third kappa shape index (κ3) is 5.98. The molecule has 0 radical (unpaired) electrons. The molecule has 2 rings (SSSR count). The SMILES string of the molecule is COc1ccc(C(=O)N[C@H](C(=O)NNC(=O)C(=O)NC2CC2)C(C)C)cc1. The first-order valence-electron chi connectivity index (χ1n) is 8.67. The summed E-state index contributed by atoms with van der Waals surface area (Å²) in [6.07, 6.45) is 1.69. The molecule has 1 atom stereocenters. The largest absolute Gasteiger partial charge is 0.497 e.